The summed E-state index contributed by atoms with van der Waals surface area (Å²) < 4.78 is 5.38. The molecule has 0 spiro atoms. The first-order chi connectivity index (χ1) is 14.3. The number of rotatable bonds is 5. The zero-order chi connectivity index (χ0) is 19.6. The number of aromatic nitrogens is 1. The Kier molecular flexibility index (Phi) is 4.47. The van der Waals surface area contributed by atoms with Gasteiger partial charge in [-0.25, -0.2) is 4.98 Å². The van der Waals surface area contributed by atoms with Crippen molar-refractivity contribution in [3.05, 3.63) is 96.5 Å². The third kappa shape index (κ3) is 3.24. The number of oxazole rings is 1. The first-order valence-corrected chi connectivity index (χ1v) is 9.59. The van der Waals surface area contributed by atoms with Crippen molar-refractivity contribution < 1.29 is 9.52 Å². The zero-order valence-corrected chi connectivity index (χ0v) is 15.8. The van der Waals surface area contributed by atoms with Gasteiger partial charge in [-0.05, 0) is 56.9 Å². The Bertz CT molecular complexity index is 1240. The fourth-order valence-electron chi connectivity index (χ4n) is 3.91. The molecule has 1 aromatic heterocycles. The van der Waals surface area contributed by atoms with Crippen molar-refractivity contribution in [2.75, 3.05) is 5.32 Å². The lowest BCUT2D eigenvalue weighted by molar-refractivity contribution is 0.282. The van der Waals surface area contributed by atoms with Gasteiger partial charge in [0.1, 0.15) is 0 Å². The highest BCUT2D eigenvalue weighted by molar-refractivity contribution is 6.02. The van der Waals surface area contributed by atoms with Crippen molar-refractivity contribution in [2.24, 2.45) is 0 Å². The fraction of sp³-hybridized carbons (Fsp3) is 0.0800. The van der Waals surface area contributed by atoms with Crippen LogP contribution in [0.5, 0.6) is 0 Å². The van der Waals surface area contributed by atoms with Crippen molar-refractivity contribution in [2.45, 2.75) is 13.2 Å². The molecular formula is C25H20N2O2. The van der Waals surface area contributed by atoms with Crippen molar-refractivity contribution in [3.8, 4) is 11.3 Å². The molecule has 4 nitrogen and oxygen atoms in total. The molecule has 0 aliphatic rings. The lowest BCUT2D eigenvalue weighted by Crippen LogP contribution is -2.02. The third-order valence-electron chi connectivity index (χ3n) is 5.33. The number of anilines is 1. The van der Waals surface area contributed by atoms with Gasteiger partial charge in [0.2, 0.25) is 0 Å². The van der Waals surface area contributed by atoms with Crippen molar-refractivity contribution >= 4 is 27.2 Å². The van der Waals surface area contributed by atoms with Gasteiger partial charge in [-0.15, -0.1) is 0 Å². The Labute approximate surface area is 168 Å². The SMILES string of the molecule is OCc1cc(NCc2c3ccccc3cc3ccccc23)ccc1-c1cnco1. The van der Waals surface area contributed by atoms with Gasteiger partial charge in [-0.2, -0.15) is 0 Å². The highest BCUT2D eigenvalue weighted by Crippen LogP contribution is 2.30. The minimum atomic E-state index is -0.0667. The van der Waals surface area contributed by atoms with Crippen LogP contribution in [0.25, 0.3) is 32.9 Å². The summed E-state index contributed by atoms with van der Waals surface area (Å²) in [4.78, 5) is 3.97. The highest BCUT2D eigenvalue weighted by Gasteiger charge is 2.10. The molecule has 4 aromatic carbocycles. The summed E-state index contributed by atoms with van der Waals surface area (Å²) in [6.07, 6.45) is 3.05. The molecule has 29 heavy (non-hydrogen) atoms. The maximum absolute atomic E-state index is 9.82. The van der Waals surface area contributed by atoms with Crippen LogP contribution in [-0.4, -0.2) is 10.1 Å². The molecule has 0 radical (unpaired) electrons. The maximum Gasteiger partial charge on any atom is 0.181 e. The number of fused-ring (bicyclic) bond motifs is 2. The van der Waals surface area contributed by atoms with E-state index in [-0.39, 0.29) is 6.61 Å². The number of benzene rings is 4. The molecule has 142 valence electrons. The molecule has 2 N–H and O–H groups in total. The van der Waals surface area contributed by atoms with Gasteiger partial charge in [0, 0.05) is 17.8 Å². The van der Waals surface area contributed by atoms with Crippen LogP contribution < -0.4 is 5.32 Å². The lowest BCUT2D eigenvalue weighted by atomic mass is 9.96. The van der Waals surface area contributed by atoms with Gasteiger partial charge in [0.15, 0.2) is 12.2 Å². The van der Waals surface area contributed by atoms with Gasteiger partial charge < -0.3 is 14.8 Å². The molecule has 0 atom stereocenters. The standard InChI is InChI=1S/C25H20N2O2/c28-15-19-12-20(9-10-23(19)25-14-26-16-29-25)27-13-24-21-7-3-1-5-17(21)11-18-6-2-4-8-22(18)24/h1-12,14,16,27-28H,13,15H2. The number of aliphatic hydroxyl groups is 1. The molecule has 1 heterocycles. The van der Waals surface area contributed by atoms with Gasteiger partial charge in [0.05, 0.1) is 12.8 Å². The van der Waals surface area contributed by atoms with E-state index in [2.05, 4.69) is 64.9 Å². The largest absolute Gasteiger partial charge is 0.444 e. The minimum Gasteiger partial charge on any atom is -0.444 e. The highest BCUT2D eigenvalue weighted by atomic mass is 16.3. The Hall–Kier alpha value is -3.63. The van der Waals surface area contributed by atoms with Gasteiger partial charge in [-0.3, -0.25) is 0 Å². The molecule has 0 fully saturated rings. The number of hydrogen-bond acceptors (Lipinski definition) is 4. The van der Waals surface area contributed by atoms with Crippen LogP contribution in [0.4, 0.5) is 5.69 Å². The smallest absolute Gasteiger partial charge is 0.181 e. The summed E-state index contributed by atoms with van der Waals surface area (Å²) in [5, 5.41) is 18.3. The average Bonchev–Trinajstić information content (AvgIpc) is 3.31. The predicted octanol–water partition coefficient (Wildman–Crippen LogP) is 5.75. The summed E-state index contributed by atoms with van der Waals surface area (Å²) in [6.45, 7) is 0.622. The van der Waals surface area contributed by atoms with Gasteiger partial charge in [-0.1, -0.05) is 48.5 Å². The monoisotopic (exact) mass is 380 g/mol. The van der Waals surface area contributed by atoms with Gasteiger partial charge in [0.25, 0.3) is 0 Å². The van der Waals surface area contributed by atoms with E-state index < -0.39 is 0 Å². The van der Waals surface area contributed by atoms with E-state index in [0.717, 1.165) is 16.8 Å². The summed E-state index contributed by atoms with van der Waals surface area (Å²) in [7, 11) is 0. The molecule has 0 aliphatic heterocycles. The van der Waals surface area contributed by atoms with Crippen LogP contribution in [0.15, 0.2) is 89.8 Å². The summed E-state index contributed by atoms with van der Waals surface area (Å²) in [5.74, 6) is 0.653. The second-order valence-electron chi connectivity index (χ2n) is 7.05. The van der Waals surface area contributed by atoms with Crippen LogP contribution >= 0.6 is 0 Å². The summed E-state index contributed by atoms with van der Waals surface area (Å²) >= 11 is 0. The molecule has 0 bridgehead atoms. The van der Waals surface area contributed by atoms with E-state index in [1.54, 1.807) is 6.20 Å². The van der Waals surface area contributed by atoms with E-state index in [1.807, 2.05) is 18.2 Å². The third-order valence-corrected chi connectivity index (χ3v) is 5.33. The zero-order valence-electron chi connectivity index (χ0n) is 15.8. The average molecular weight is 380 g/mol. The van der Waals surface area contributed by atoms with E-state index in [1.165, 1.54) is 33.5 Å². The van der Waals surface area contributed by atoms with Gasteiger partial charge >= 0.3 is 0 Å². The van der Waals surface area contributed by atoms with Crippen molar-refractivity contribution in [1.29, 1.82) is 0 Å². The number of nitrogens with one attached hydrogen (secondary N) is 1. The van der Waals surface area contributed by atoms with Crippen LogP contribution in [0.3, 0.4) is 0 Å². The molecule has 0 aliphatic carbocycles. The summed E-state index contributed by atoms with van der Waals surface area (Å²) in [6, 6.07) is 25.1. The first kappa shape index (κ1) is 17.5. The molecule has 0 unspecified atom stereocenters. The normalized spacial score (nSPS) is 11.2. The fourth-order valence-corrected chi connectivity index (χ4v) is 3.91. The number of nitrogens with zero attached hydrogens (tertiary/aromatic N) is 1. The van der Waals surface area contributed by atoms with E-state index in [4.69, 9.17) is 4.42 Å². The second-order valence-corrected chi connectivity index (χ2v) is 7.05. The molecule has 0 amide bonds. The van der Waals surface area contributed by atoms with Crippen LogP contribution in [0.2, 0.25) is 0 Å². The van der Waals surface area contributed by atoms with Crippen LogP contribution in [0.1, 0.15) is 11.1 Å². The van der Waals surface area contributed by atoms with E-state index in [0.29, 0.717) is 12.3 Å². The minimum absolute atomic E-state index is 0.0667. The Morgan fingerprint density at radius 1 is 0.862 bits per heavy atom. The molecular weight excluding hydrogens is 360 g/mol. The Morgan fingerprint density at radius 2 is 1.59 bits per heavy atom. The Morgan fingerprint density at radius 3 is 2.24 bits per heavy atom. The predicted molar refractivity (Wildman–Crippen MR) is 117 cm³/mol. The number of aliphatic hydroxyl groups excluding tert-OH is 1. The lowest BCUT2D eigenvalue weighted by Gasteiger charge is -2.14. The molecule has 5 rings (SSSR count). The van der Waals surface area contributed by atoms with Crippen LogP contribution in [0, 0.1) is 0 Å². The first-order valence-electron chi connectivity index (χ1n) is 9.59. The molecule has 4 heteroatoms. The molecule has 0 saturated heterocycles. The van der Waals surface area contributed by atoms with Crippen molar-refractivity contribution in [1.82, 2.24) is 4.98 Å². The maximum atomic E-state index is 9.82. The number of hydrogen-bond donors (Lipinski definition) is 2. The van der Waals surface area contributed by atoms with E-state index in [9.17, 15) is 5.11 Å². The van der Waals surface area contributed by atoms with E-state index >= 15 is 0 Å². The molecule has 5 aromatic rings. The quantitative estimate of drug-likeness (QED) is 0.381. The molecule has 0 saturated carbocycles. The summed E-state index contributed by atoms with van der Waals surface area (Å²) in [5.41, 5.74) is 3.87. The Balaban J connectivity index is 1.52. The second kappa shape index (κ2) is 7.41. The topological polar surface area (TPSA) is 58.3 Å². The van der Waals surface area contributed by atoms with Crippen molar-refractivity contribution in [3.63, 3.8) is 0 Å². The van der Waals surface area contributed by atoms with Crippen LogP contribution in [-0.2, 0) is 13.2 Å².